The maximum Gasteiger partial charge on any atom is 0.272 e. The predicted molar refractivity (Wildman–Crippen MR) is 71.0 cm³/mol. The number of rotatable bonds is 1. The highest BCUT2D eigenvalue weighted by atomic mass is 35.5. The molecule has 90 valence electrons. The fourth-order valence-electron chi connectivity index (χ4n) is 1.96. The molecule has 0 saturated carbocycles. The zero-order valence-corrected chi connectivity index (χ0v) is 10.4. The molecular weight excluding hydrogens is 250 g/mol. The van der Waals surface area contributed by atoms with Gasteiger partial charge in [0.15, 0.2) is 5.65 Å². The Morgan fingerprint density at radius 3 is 2.94 bits per heavy atom. The molecule has 0 amide bonds. The number of halogens is 1. The van der Waals surface area contributed by atoms with Crippen LogP contribution in [0, 0.1) is 6.92 Å². The van der Waals surface area contributed by atoms with E-state index in [0.29, 0.717) is 16.4 Å². The van der Waals surface area contributed by atoms with Crippen molar-refractivity contribution >= 4 is 17.2 Å². The summed E-state index contributed by atoms with van der Waals surface area (Å²) in [4.78, 5) is 16.2. The maximum absolute atomic E-state index is 11.8. The number of aromatic nitrogens is 3. The van der Waals surface area contributed by atoms with Gasteiger partial charge in [-0.05, 0) is 24.6 Å². The summed E-state index contributed by atoms with van der Waals surface area (Å²) in [6.07, 6.45) is 1.76. The van der Waals surface area contributed by atoms with Gasteiger partial charge in [0.2, 0.25) is 0 Å². The molecule has 2 heterocycles. The van der Waals surface area contributed by atoms with Crippen LogP contribution in [0.2, 0.25) is 5.02 Å². The Kier molecular flexibility index (Phi) is 2.45. The van der Waals surface area contributed by atoms with Crippen molar-refractivity contribution in [3.63, 3.8) is 0 Å². The average molecular weight is 260 g/mol. The molecule has 0 aliphatic heterocycles. The molecular formula is C13H10ClN3O. The Balaban J connectivity index is 2.34. The molecule has 3 rings (SSSR count). The monoisotopic (exact) mass is 259 g/mol. The third-order valence-electron chi connectivity index (χ3n) is 2.76. The van der Waals surface area contributed by atoms with Crippen molar-refractivity contribution in [2.24, 2.45) is 0 Å². The van der Waals surface area contributed by atoms with Crippen LogP contribution in [-0.2, 0) is 0 Å². The Bertz CT molecular complexity index is 788. The first-order valence-electron chi connectivity index (χ1n) is 5.49. The van der Waals surface area contributed by atoms with E-state index in [0.717, 1.165) is 11.1 Å². The second-order valence-electron chi connectivity index (χ2n) is 4.09. The number of hydrogen-bond donors (Lipinski definition) is 1. The lowest BCUT2D eigenvalue weighted by molar-refractivity contribution is 0.890. The first kappa shape index (κ1) is 11.0. The van der Waals surface area contributed by atoms with Gasteiger partial charge in [0.05, 0.1) is 0 Å². The number of nitrogens with zero attached hydrogens (tertiary/aromatic N) is 2. The minimum atomic E-state index is -0.120. The normalized spacial score (nSPS) is 11.0. The molecule has 0 aliphatic rings. The van der Waals surface area contributed by atoms with Crippen molar-refractivity contribution in [1.29, 1.82) is 0 Å². The lowest BCUT2D eigenvalue weighted by atomic mass is 10.1. The Hall–Kier alpha value is -2.07. The fraction of sp³-hybridized carbons (Fsp3) is 0.0769. The van der Waals surface area contributed by atoms with E-state index < -0.39 is 0 Å². The van der Waals surface area contributed by atoms with E-state index in [1.54, 1.807) is 13.1 Å². The number of benzene rings is 1. The number of aryl methyl sites for hydroxylation is 1. The maximum atomic E-state index is 11.8. The van der Waals surface area contributed by atoms with Crippen LogP contribution in [0.25, 0.3) is 16.8 Å². The fourth-order valence-corrected chi connectivity index (χ4v) is 2.15. The third-order valence-corrected chi connectivity index (χ3v) is 3.00. The lowest BCUT2D eigenvalue weighted by Crippen LogP contribution is -2.14. The summed E-state index contributed by atoms with van der Waals surface area (Å²) in [6.45, 7) is 1.80. The van der Waals surface area contributed by atoms with E-state index in [2.05, 4.69) is 10.1 Å². The second kappa shape index (κ2) is 3.99. The highest BCUT2D eigenvalue weighted by molar-refractivity contribution is 6.30. The van der Waals surface area contributed by atoms with Crippen molar-refractivity contribution in [1.82, 2.24) is 14.6 Å². The molecule has 0 fully saturated rings. The van der Waals surface area contributed by atoms with Crippen molar-refractivity contribution in [3.8, 4) is 11.1 Å². The highest BCUT2D eigenvalue weighted by Gasteiger charge is 2.09. The van der Waals surface area contributed by atoms with Crippen LogP contribution in [0.3, 0.4) is 0 Å². The van der Waals surface area contributed by atoms with Gasteiger partial charge in [-0.1, -0.05) is 23.7 Å². The quantitative estimate of drug-likeness (QED) is 0.730. The molecule has 2 aromatic heterocycles. The van der Waals surface area contributed by atoms with Gasteiger partial charge in [-0.2, -0.15) is 0 Å². The average Bonchev–Trinajstić information content (AvgIpc) is 2.72. The van der Waals surface area contributed by atoms with E-state index in [1.807, 2.05) is 24.3 Å². The van der Waals surface area contributed by atoms with E-state index >= 15 is 0 Å². The van der Waals surface area contributed by atoms with Crippen LogP contribution in [-0.4, -0.2) is 14.6 Å². The Labute approximate surface area is 108 Å². The van der Waals surface area contributed by atoms with Crippen molar-refractivity contribution in [2.75, 3.05) is 0 Å². The SMILES string of the molecule is Cc1cc(=O)n2[nH]cc(-c3cccc(Cl)c3)c2n1. The van der Waals surface area contributed by atoms with Gasteiger partial charge < -0.3 is 0 Å². The molecule has 3 aromatic rings. The molecule has 0 aliphatic carbocycles. The largest absolute Gasteiger partial charge is 0.296 e. The minimum Gasteiger partial charge on any atom is -0.296 e. The predicted octanol–water partition coefficient (Wildman–Crippen LogP) is 2.65. The molecule has 1 N–H and O–H groups in total. The van der Waals surface area contributed by atoms with E-state index in [-0.39, 0.29) is 5.56 Å². The molecule has 0 saturated heterocycles. The first-order chi connectivity index (χ1) is 8.65. The summed E-state index contributed by atoms with van der Waals surface area (Å²) in [5.41, 5.74) is 2.98. The molecule has 0 spiro atoms. The van der Waals surface area contributed by atoms with Crippen LogP contribution in [0.15, 0.2) is 41.3 Å². The molecule has 0 unspecified atom stereocenters. The summed E-state index contributed by atoms with van der Waals surface area (Å²) in [5, 5.41) is 3.55. The van der Waals surface area contributed by atoms with E-state index in [4.69, 9.17) is 11.6 Å². The summed E-state index contributed by atoms with van der Waals surface area (Å²) < 4.78 is 1.42. The highest BCUT2D eigenvalue weighted by Crippen LogP contribution is 2.25. The zero-order chi connectivity index (χ0) is 12.7. The Morgan fingerprint density at radius 1 is 1.33 bits per heavy atom. The molecule has 4 nitrogen and oxygen atoms in total. The minimum absolute atomic E-state index is 0.120. The molecule has 18 heavy (non-hydrogen) atoms. The summed E-state index contributed by atoms with van der Waals surface area (Å²) in [7, 11) is 0. The number of fused-ring (bicyclic) bond motifs is 1. The number of hydrogen-bond acceptors (Lipinski definition) is 2. The van der Waals surface area contributed by atoms with Crippen LogP contribution < -0.4 is 5.56 Å². The molecule has 0 bridgehead atoms. The van der Waals surface area contributed by atoms with Crippen molar-refractivity contribution in [3.05, 3.63) is 57.6 Å². The van der Waals surface area contributed by atoms with E-state index in [1.165, 1.54) is 10.6 Å². The lowest BCUT2D eigenvalue weighted by Gasteiger charge is -2.00. The molecule has 0 atom stereocenters. The van der Waals surface area contributed by atoms with E-state index in [9.17, 15) is 4.79 Å². The second-order valence-corrected chi connectivity index (χ2v) is 4.53. The third kappa shape index (κ3) is 1.71. The number of nitrogens with one attached hydrogen (secondary N) is 1. The van der Waals surface area contributed by atoms with Gasteiger partial charge in [0, 0.05) is 28.5 Å². The Morgan fingerprint density at radius 2 is 2.17 bits per heavy atom. The van der Waals surface area contributed by atoms with Crippen LogP contribution in [0.1, 0.15) is 5.69 Å². The number of H-pyrrole nitrogens is 1. The molecule has 0 radical (unpaired) electrons. The summed E-state index contributed by atoms with van der Waals surface area (Å²) in [5.74, 6) is 0. The molecule has 1 aromatic carbocycles. The van der Waals surface area contributed by atoms with Crippen molar-refractivity contribution < 1.29 is 0 Å². The smallest absolute Gasteiger partial charge is 0.272 e. The van der Waals surface area contributed by atoms with Crippen LogP contribution in [0.5, 0.6) is 0 Å². The van der Waals surface area contributed by atoms with Crippen LogP contribution >= 0.6 is 11.6 Å². The van der Waals surface area contributed by atoms with Gasteiger partial charge in [-0.25, -0.2) is 9.50 Å². The van der Waals surface area contributed by atoms with Gasteiger partial charge in [-0.3, -0.25) is 9.89 Å². The zero-order valence-electron chi connectivity index (χ0n) is 9.64. The topological polar surface area (TPSA) is 50.2 Å². The summed E-state index contributed by atoms with van der Waals surface area (Å²) >= 11 is 5.98. The standard InChI is InChI=1S/C13H10ClN3O/c1-8-5-12(18)17-13(16-8)11(7-15-17)9-3-2-4-10(14)6-9/h2-7,15H,1H3. The summed E-state index contributed by atoms with van der Waals surface area (Å²) in [6, 6.07) is 8.95. The van der Waals surface area contributed by atoms with Crippen LogP contribution in [0.4, 0.5) is 0 Å². The van der Waals surface area contributed by atoms with Gasteiger partial charge in [-0.15, -0.1) is 0 Å². The van der Waals surface area contributed by atoms with Gasteiger partial charge in [0.1, 0.15) is 0 Å². The van der Waals surface area contributed by atoms with Gasteiger partial charge in [0.25, 0.3) is 5.56 Å². The van der Waals surface area contributed by atoms with Crippen molar-refractivity contribution in [2.45, 2.75) is 6.92 Å². The number of aromatic amines is 1. The van der Waals surface area contributed by atoms with Gasteiger partial charge >= 0.3 is 0 Å². The first-order valence-corrected chi connectivity index (χ1v) is 5.87. The molecule has 5 heteroatoms.